The van der Waals surface area contributed by atoms with Crippen LogP contribution in [0.5, 0.6) is 5.75 Å². The molecule has 1 aliphatic rings. The Bertz CT molecular complexity index is 895. The Morgan fingerprint density at radius 2 is 1.67 bits per heavy atom. The van der Waals surface area contributed by atoms with Crippen molar-refractivity contribution < 1.29 is 32.3 Å². The molecule has 0 aromatic heterocycles. The number of hydrogen-bond donors (Lipinski definition) is 1. The summed E-state index contributed by atoms with van der Waals surface area (Å²) in [7, 11) is 0. The molecule has 3 rings (SSSR count). The third-order valence-electron chi connectivity index (χ3n) is 3.78. The number of amides is 3. The third kappa shape index (κ3) is 4.25. The van der Waals surface area contributed by atoms with Gasteiger partial charge in [-0.1, -0.05) is 18.2 Å². The summed E-state index contributed by atoms with van der Waals surface area (Å²) in [5, 5.41) is 2.34. The van der Waals surface area contributed by atoms with Gasteiger partial charge in [-0.3, -0.25) is 19.3 Å². The number of carbonyl (C=O) groups excluding carboxylic acids is 3. The molecule has 1 N–H and O–H groups in total. The van der Waals surface area contributed by atoms with Gasteiger partial charge in [-0.15, -0.1) is 13.2 Å². The van der Waals surface area contributed by atoms with Gasteiger partial charge in [0.15, 0.2) is 5.75 Å². The molecular formula is C18H13F3N2O4. The van der Waals surface area contributed by atoms with Crippen molar-refractivity contribution in [3.05, 3.63) is 54.1 Å². The predicted molar refractivity (Wildman–Crippen MR) is 89.2 cm³/mol. The van der Waals surface area contributed by atoms with Crippen molar-refractivity contribution in [2.45, 2.75) is 19.2 Å². The lowest BCUT2D eigenvalue weighted by molar-refractivity contribution is -0.274. The highest BCUT2D eigenvalue weighted by atomic mass is 19.4. The van der Waals surface area contributed by atoms with Crippen LogP contribution in [0.15, 0.2) is 48.5 Å². The van der Waals surface area contributed by atoms with E-state index in [0.717, 1.165) is 11.0 Å². The van der Waals surface area contributed by atoms with Gasteiger partial charge in [0.1, 0.15) is 0 Å². The molecule has 0 aliphatic carbocycles. The largest absolute Gasteiger partial charge is 0.573 e. The Morgan fingerprint density at radius 1 is 1.00 bits per heavy atom. The number of rotatable bonds is 4. The van der Waals surface area contributed by atoms with Gasteiger partial charge in [0, 0.05) is 18.4 Å². The van der Waals surface area contributed by atoms with E-state index in [0.29, 0.717) is 0 Å². The molecule has 1 fully saturated rings. The summed E-state index contributed by atoms with van der Waals surface area (Å²) in [5.74, 6) is -2.02. The standard InChI is InChI=1S/C18H13F3N2O4/c19-18(20,21)27-14-7-2-1-6-13(14)22-17(26)11-4-3-5-12(10-11)23-15(24)8-9-16(23)25/h1-7,10H,8-9H2,(H,22,26). The van der Waals surface area contributed by atoms with Gasteiger partial charge in [-0.05, 0) is 30.3 Å². The number of benzene rings is 2. The highest BCUT2D eigenvalue weighted by Crippen LogP contribution is 2.30. The van der Waals surface area contributed by atoms with E-state index in [1.54, 1.807) is 0 Å². The molecule has 0 saturated carbocycles. The fraction of sp³-hybridized carbons (Fsp3) is 0.167. The lowest BCUT2D eigenvalue weighted by Crippen LogP contribution is -2.28. The van der Waals surface area contributed by atoms with E-state index in [1.165, 1.54) is 42.5 Å². The molecule has 9 heteroatoms. The van der Waals surface area contributed by atoms with Crippen LogP contribution in [0.3, 0.4) is 0 Å². The van der Waals surface area contributed by atoms with Crippen molar-refractivity contribution in [1.29, 1.82) is 0 Å². The molecule has 1 aliphatic heterocycles. The summed E-state index contributed by atoms with van der Waals surface area (Å²) < 4.78 is 41.3. The van der Waals surface area contributed by atoms with Crippen molar-refractivity contribution in [1.82, 2.24) is 0 Å². The first-order valence-electron chi connectivity index (χ1n) is 7.86. The third-order valence-corrected chi connectivity index (χ3v) is 3.78. The molecule has 6 nitrogen and oxygen atoms in total. The lowest BCUT2D eigenvalue weighted by Gasteiger charge is -2.16. The van der Waals surface area contributed by atoms with E-state index < -0.39 is 18.0 Å². The van der Waals surface area contributed by atoms with Crippen molar-refractivity contribution in [3.63, 3.8) is 0 Å². The van der Waals surface area contributed by atoms with Gasteiger partial charge in [0.05, 0.1) is 11.4 Å². The highest BCUT2D eigenvalue weighted by Gasteiger charge is 2.32. The minimum Gasteiger partial charge on any atom is -0.404 e. The van der Waals surface area contributed by atoms with Crippen molar-refractivity contribution >= 4 is 29.1 Å². The Labute approximate surface area is 151 Å². The number of nitrogens with zero attached hydrogens (tertiary/aromatic N) is 1. The quantitative estimate of drug-likeness (QED) is 0.827. The average molecular weight is 378 g/mol. The fourth-order valence-corrected chi connectivity index (χ4v) is 2.63. The fourth-order valence-electron chi connectivity index (χ4n) is 2.63. The Balaban J connectivity index is 1.83. The summed E-state index contributed by atoms with van der Waals surface area (Å²) in [6.07, 6.45) is -4.72. The molecule has 1 heterocycles. The van der Waals surface area contributed by atoms with Gasteiger partial charge < -0.3 is 10.1 Å². The molecule has 0 radical (unpaired) electrons. The number of hydrogen-bond acceptors (Lipinski definition) is 4. The molecule has 140 valence electrons. The first kappa shape index (κ1) is 18.4. The molecule has 0 atom stereocenters. The molecule has 27 heavy (non-hydrogen) atoms. The van der Waals surface area contributed by atoms with Gasteiger partial charge in [0.2, 0.25) is 11.8 Å². The van der Waals surface area contributed by atoms with E-state index in [1.807, 2.05) is 0 Å². The van der Waals surface area contributed by atoms with E-state index in [4.69, 9.17) is 0 Å². The highest BCUT2D eigenvalue weighted by molar-refractivity contribution is 6.20. The van der Waals surface area contributed by atoms with Gasteiger partial charge >= 0.3 is 6.36 Å². The number of alkyl halides is 3. The van der Waals surface area contributed by atoms with E-state index in [-0.39, 0.29) is 41.6 Å². The van der Waals surface area contributed by atoms with Crippen molar-refractivity contribution in [3.8, 4) is 5.75 Å². The minimum atomic E-state index is -4.91. The molecule has 0 unspecified atom stereocenters. The van der Waals surface area contributed by atoms with E-state index >= 15 is 0 Å². The number of para-hydroxylation sites is 2. The SMILES string of the molecule is O=C(Nc1ccccc1OC(F)(F)F)c1cccc(N2C(=O)CCC2=O)c1. The van der Waals surface area contributed by atoms with Crippen LogP contribution in [0.4, 0.5) is 24.5 Å². The second-order valence-electron chi connectivity index (χ2n) is 5.67. The average Bonchev–Trinajstić information content (AvgIpc) is 2.94. The van der Waals surface area contributed by atoms with Crippen LogP contribution < -0.4 is 15.0 Å². The van der Waals surface area contributed by atoms with Crippen LogP contribution >= 0.6 is 0 Å². The second-order valence-corrected chi connectivity index (χ2v) is 5.67. The Morgan fingerprint density at radius 3 is 2.33 bits per heavy atom. The van der Waals surface area contributed by atoms with Gasteiger partial charge in [0.25, 0.3) is 5.91 Å². The number of nitrogens with one attached hydrogen (secondary N) is 1. The summed E-state index contributed by atoms with van der Waals surface area (Å²) in [6.45, 7) is 0. The first-order chi connectivity index (χ1) is 12.7. The Hall–Kier alpha value is -3.36. The second kappa shape index (κ2) is 7.10. The monoisotopic (exact) mass is 378 g/mol. The van der Waals surface area contributed by atoms with Crippen molar-refractivity contribution in [2.75, 3.05) is 10.2 Å². The summed E-state index contributed by atoms with van der Waals surface area (Å²) >= 11 is 0. The van der Waals surface area contributed by atoms with Crippen LogP contribution in [0.1, 0.15) is 23.2 Å². The Kier molecular flexibility index (Phi) is 4.85. The molecule has 2 aromatic rings. The van der Waals surface area contributed by atoms with Crippen LogP contribution in [-0.4, -0.2) is 24.1 Å². The summed E-state index contributed by atoms with van der Waals surface area (Å²) in [5.41, 5.74) is 0.135. The van der Waals surface area contributed by atoms with Crippen LogP contribution in [0.25, 0.3) is 0 Å². The molecule has 1 saturated heterocycles. The summed E-state index contributed by atoms with van der Waals surface area (Å²) in [6, 6.07) is 10.8. The molecular weight excluding hydrogens is 365 g/mol. The van der Waals surface area contributed by atoms with E-state index in [9.17, 15) is 27.6 Å². The zero-order valence-corrected chi connectivity index (χ0v) is 13.7. The molecule has 0 spiro atoms. The maximum atomic E-state index is 12.5. The number of carbonyl (C=O) groups is 3. The number of anilines is 2. The number of imide groups is 1. The molecule has 0 bridgehead atoms. The maximum absolute atomic E-state index is 12.5. The predicted octanol–water partition coefficient (Wildman–Crippen LogP) is 3.49. The lowest BCUT2D eigenvalue weighted by atomic mass is 10.1. The summed E-state index contributed by atoms with van der Waals surface area (Å²) in [4.78, 5) is 37.0. The number of ether oxygens (including phenoxy) is 1. The molecule has 3 amide bonds. The zero-order valence-electron chi connectivity index (χ0n) is 13.7. The van der Waals surface area contributed by atoms with Crippen LogP contribution in [0, 0.1) is 0 Å². The van der Waals surface area contributed by atoms with Crippen LogP contribution in [0.2, 0.25) is 0 Å². The minimum absolute atomic E-state index is 0.0711. The van der Waals surface area contributed by atoms with E-state index in [2.05, 4.69) is 10.1 Å². The van der Waals surface area contributed by atoms with Crippen molar-refractivity contribution in [2.24, 2.45) is 0 Å². The zero-order chi connectivity index (χ0) is 19.6. The van der Waals surface area contributed by atoms with Crippen LogP contribution in [-0.2, 0) is 9.59 Å². The van der Waals surface area contributed by atoms with Gasteiger partial charge in [-0.2, -0.15) is 0 Å². The maximum Gasteiger partial charge on any atom is 0.573 e. The topological polar surface area (TPSA) is 75.7 Å². The smallest absolute Gasteiger partial charge is 0.404 e. The van der Waals surface area contributed by atoms with Gasteiger partial charge in [-0.25, -0.2) is 0 Å². The number of halogens is 3. The molecule has 2 aromatic carbocycles. The normalized spacial score (nSPS) is 14.4. The first-order valence-corrected chi connectivity index (χ1v) is 7.86.